The van der Waals surface area contributed by atoms with E-state index in [9.17, 15) is 9.59 Å². The Labute approximate surface area is 182 Å². The summed E-state index contributed by atoms with van der Waals surface area (Å²) in [5.41, 5.74) is 3.71. The quantitative estimate of drug-likeness (QED) is 0.476. The number of ketones is 1. The molecule has 3 atom stereocenters. The van der Waals surface area contributed by atoms with Crippen LogP contribution >= 0.6 is 11.6 Å². The molecule has 1 saturated heterocycles. The van der Waals surface area contributed by atoms with Crippen molar-refractivity contribution in [1.29, 1.82) is 0 Å². The number of aromatic nitrogens is 4. The standard InChI is InChI=1S/C23H20ClN5O2/c24-17-2-4-18-13(7-17)9-21(25-18)22(30)14-5-15-10-29(11-16(15)6-14)23(31)12-1-3-19-20(8-12)27-28-26-19/h1-4,7-9,14-16,25H,5-6,10-11H2,(H,26,27,28)/t14?,15-,16+. The van der Waals surface area contributed by atoms with Crippen molar-refractivity contribution in [3.8, 4) is 0 Å². The Morgan fingerprint density at radius 2 is 1.77 bits per heavy atom. The van der Waals surface area contributed by atoms with Crippen molar-refractivity contribution in [3.05, 3.63) is 58.7 Å². The number of rotatable bonds is 3. The van der Waals surface area contributed by atoms with E-state index in [-0.39, 0.29) is 17.6 Å². The molecule has 1 aliphatic heterocycles. The zero-order valence-electron chi connectivity index (χ0n) is 16.6. The molecule has 1 unspecified atom stereocenters. The molecule has 1 aliphatic carbocycles. The van der Waals surface area contributed by atoms with Crippen LogP contribution in [0.2, 0.25) is 5.02 Å². The topological polar surface area (TPSA) is 94.7 Å². The molecule has 3 heterocycles. The van der Waals surface area contributed by atoms with E-state index >= 15 is 0 Å². The Morgan fingerprint density at radius 1 is 1.00 bits per heavy atom. The van der Waals surface area contributed by atoms with E-state index in [4.69, 9.17) is 11.6 Å². The van der Waals surface area contributed by atoms with Gasteiger partial charge in [-0.25, -0.2) is 0 Å². The monoisotopic (exact) mass is 433 g/mol. The van der Waals surface area contributed by atoms with Gasteiger partial charge in [0.05, 0.1) is 11.2 Å². The number of benzene rings is 2. The van der Waals surface area contributed by atoms with E-state index in [1.807, 2.05) is 41.3 Å². The molecule has 0 radical (unpaired) electrons. The molecule has 2 aromatic carbocycles. The fourth-order valence-electron chi connectivity index (χ4n) is 5.29. The van der Waals surface area contributed by atoms with Gasteiger partial charge in [0.1, 0.15) is 5.52 Å². The predicted octanol–water partition coefficient (Wildman–Crippen LogP) is 4.07. The summed E-state index contributed by atoms with van der Waals surface area (Å²) in [4.78, 5) is 31.3. The Bertz CT molecular complexity index is 1330. The summed E-state index contributed by atoms with van der Waals surface area (Å²) < 4.78 is 0. The summed E-state index contributed by atoms with van der Waals surface area (Å²) in [6.07, 6.45) is 1.65. The highest BCUT2D eigenvalue weighted by Crippen LogP contribution is 2.43. The molecule has 31 heavy (non-hydrogen) atoms. The lowest BCUT2D eigenvalue weighted by Crippen LogP contribution is -2.30. The molecule has 0 bridgehead atoms. The van der Waals surface area contributed by atoms with Crippen LogP contribution in [0.25, 0.3) is 21.9 Å². The number of aromatic amines is 2. The lowest BCUT2D eigenvalue weighted by atomic mass is 9.98. The van der Waals surface area contributed by atoms with Crippen molar-refractivity contribution in [2.24, 2.45) is 17.8 Å². The van der Waals surface area contributed by atoms with Crippen LogP contribution < -0.4 is 0 Å². The minimum Gasteiger partial charge on any atom is -0.352 e. The SMILES string of the molecule is O=C(c1cc2cc(Cl)ccc2[nH]1)C1C[C@@H]2CN(C(=O)c3ccc4[nH]nnc4c3)C[C@@H]2C1. The smallest absolute Gasteiger partial charge is 0.253 e. The minimum absolute atomic E-state index is 0.00210. The normalized spacial score (nSPS) is 23.0. The van der Waals surface area contributed by atoms with E-state index in [1.54, 1.807) is 6.07 Å². The van der Waals surface area contributed by atoms with E-state index < -0.39 is 0 Å². The van der Waals surface area contributed by atoms with Gasteiger partial charge in [-0.1, -0.05) is 16.8 Å². The van der Waals surface area contributed by atoms with E-state index in [1.165, 1.54) is 0 Å². The summed E-state index contributed by atoms with van der Waals surface area (Å²) in [5.74, 6) is 0.924. The van der Waals surface area contributed by atoms with Crippen molar-refractivity contribution in [2.45, 2.75) is 12.8 Å². The van der Waals surface area contributed by atoms with Crippen LogP contribution in [0, 0.1) is 17.8 Å². The second-order valence-electron chi connectivity index (χ2n) is 8.72. The Hall–Kier alpha value is -3.19. The molecule has 1 saturated carbocycles. The third-order valence-corrected chi connectivity index (χ3v) is 7.07. The molecule has 7 nitrogen and oxygen atoms in total. The number of H-pyrrole nitrogens is 2. The molecule has 156 valence electrons. The molecule has 4 aromatic rings. The molecule has 6 rings (SSSR count). The van der Waals surface area contributed by atoms with E-state index in [0.29, 0.717) is 46.7 Å². The second kappa shape index (κ2) is 6.92. The highest BCUT2D eigenvalue weighted by atomic mass is 35.5. The molecule has 0 spiro atoms. The van der Waals surface area contributed by atoms with Crippen LogP contribution in [0.5, 0.6) is 0 Å². The first-order valence-corrected chi connectivity index (χ1v) is 10.9. The summed E-state index contributed by atoms with van der Waals surface area (Å²) in [7, 11) is 0. The predicted molar refractivity (Wildman–Crippen MR) is 117 cm³/mol. The molecular weight excluding hydrogens is 414 g/mol. The lowest BCUT2D eigenvalue weighted by molar-refractivity contribution is 0.0775. The van der Waals surface area contributed by atoms with Gasteiger partial charge >= 0.3 is 0 Å². The van der Waals surface area contributed by atoms with Crippen molar-refractivity contribution < 1.29 is 9.59 Å². The number of halogens is 1. The van der Waals surface area contributed by atoms with Gasteiger partial charge in [-0.3, -0.25) is 14.7 Å². The molecule has 2 aliphatic rings. The van der Waals surface area contributed by atoms with E-state index in [2.05, 4.69) is 20.4 Å². The first kappa shape index (κ1) is 18.6. The van der Waals surface area contributed by atoms with Gasteiger partial charge in [-0.2, -0.15) is 0 Å². The highest BCUT2D eigenvalue weighted by molar-refractivity contribution is 6.31. The van der Waals surface area contributed by atoms with E-state index in [0.717, 1.165) is 29.3 Å². The maximum Gasteiger partial charge on any atom is 0.253 e. The number of carbonyl (C=O) groups excluding carboxylic acids is 2. The molecule has 2 N–H and O–H groups in total. The van der Waals surface area contributed by atoms with Crippen LogP contribution in [0.4, 0.5) is 0 Å². The summed E-state index contributed by atoms with van der Waals surface area (Å²) >= 11 is 6.07. The Balaban J connectivity index is 1.15. The first-order chi connectivity index (χ1) is 15.0. The Kier molecular flexibility index (Phi) is 4.14. The number of carbonyl (C=O) groups is 2. The van der Waals surface area contributed by atoms with Gasteiger partial charge in [0.15, 0.2) is 5.78 Å². The minimum atomic E-state index is 0.00210. The first-order valence-electron chi connectivity index (χ1n) is 10.5. The fraction of sp³-hybridized carbons (Fsp3) is 0.304. The van der Waals surface area contributed by atoms with Gasteiger partial charge in [0.2, 0.25) is 0 Å². The van der Waals surface area contributed by atoms with Crippen LogP contribution in [0.1, 0.15) is 33.7 Å². The van der Waals surface area contributed by atoms with Gasteiger partial charge in [-0.15, -0.1) is 5.10 Å². The van der Waals surface area contributed by atoms with Gasteiger partial charge in [0, 0.05) is 40.5 Å². The third kappa shape index (κ3) is 3.11. The summed E-state index contributed by atoms with van der Waals surface area (Å²) in [6, 6.07) is 12.9. The number of amides is 1. The fourth-order valence-corrected chi connectivity index (χ4v) is 5.47. The number of likely N-dealkylation sites (tertiary alicyclic amines) is 1. The molecular formula is C23H20ClN5O2. The van der Waals surface area contributed by atoms with Crippen LogP contribution in [0.3, 0.4) is 0 Å². The van der Waals surface area contributed by atoms with Gasteiger partial charge in [0.25, 0.3) is 5.91 Å². The van der Waals surface area contributed by atoms with Crippen molar-refractivity contribution in [1.82, 2.24) is 25.3 Å². The molecule has 2 aromatic heterocycles. The maximum absolute atomic E-state index is 13.1. The third-order valence-electron chi connectivity index (χ3n) is 6.83. The maximum atomic E-state index is 13.1. The number of Topliss-reactive ketones (excluding diaryl/α,β-unsaturated/α-hetero) is 1. The molecule has 8 heteroatoms. The molecule has 2 fully saturated rings. The average molecular weight is 434 g/mol. The highest BCUT2D eigenvalue weighted by Gasteiger charge is 2.44. The lowest BCUT2D eigenvalue weighted by Gasteiger charge is -2.19. The van der Waals surface area contributed by atoms with Crippen LogP contribution in [0.15, 0.2) is 42.5 Å². The number of hydrogen-bond donors (Lipinski definition) is 2. The van der Waals surface area contributed by atoms with Crippen molar-refractivity contribution in [3.63, 3.8) is 0 Å². The summed E-state index contributed by atoms with van der Waals surface area (Å²) in [5, 5.41) is 12.2. The number of nitrogens with one attached hydrogen (secondary N) is 2. The summed E-state index contributed by atoms with van der Waals surface area (Å²) in [6.45, 7) is 1.40. The van der Waals surface area contributed by atoms with Crippen LogP contribution in [-0.2, 0) is 0 Å². The van der Waals surface area contributed by atoms with Gasteiger partial charge in [-0.05, 0) is 67.1 Å². The zero-order chi connectivity index (χ0) is 21.1. The number of hydrogen-bond acceptors (Lipinski definition) is 4. The largest absolute Gasteiger partial charge is 0.352 e. The average Bonchev–Trinajstić information content (AvgIpc) is 3.53. The number of nitrogens with zero attached hydrogens (tertiary/aromatic N) is 3. The van der Waals surface area contributed by atoms with Crippen molar-refractivity contribution >= 4 is 45.2 Å². The molecule has 1 amide bonds. The zero-order valence-corrected chi connectivity index (χ0v) is 17.4. The van der Waals surface area contributed by atoms with Crippen LogP contribution in [-0.4, -0.2) is 50.1 Å². The second-order valence-corrected chi connectivity index (χ2v) is 9.16. The van der Waals surface area contributed by atoms with Gasteiger partial charge < -0.3 is 9.88 Å². The Morgan fingerprint density at radius 3 is 2.58 bits per heavy atom. The number of fused-ring (bicyclic) bond motifs is 3. The van der Waals surface area contributed by atoms with Crippen molar-refractivity contribution in [2.75, 3.05) is 13.1 Å².